The number of rotatable bonds is 7. The van der Waals surface area contributed by atoms with E-state index in [0.717, 1.165) is 12.1 Å². The van der Waals surface area contributed by atoms with Gasteiger partial charge in [0.15, 0.2) is 0 Å². The van der Waals surface area contributed by atoms with E-state index in [4.69, 9.17) is 0 Å². The number of amides is 1. The second kappa shape index (κ2) is 8.44. The molecule has 1 N–H and O–H groups in total. The third kappa shape index (κ3) is 4.27. The molecule has 1 aliphatic heterocycles. The molecule has 1 aliphatic rings. The summed E-state index contributed by atoms with van der Waals surface area (Å²) >= 11 is 0. The largest absolute Gasteiger partial charge is 0.352 e. The first-order valence-corrected chi connectivity index (χ1v) is 11.1. The highest BCUT2D eigenvalue weighted by Crippen LogP contribution is 2.25. The van der Waals surface area contributed by atoms with Crippen LogP contribution >= 0.6 is 0 Å². The van der Waals surface area contributed by atoms with Gasteiger partial charge in [0.25, 0.3) is 0 Å². The lowest BCUT2D eigenvalue weighted by Crippen LogP contribution is -2.45. The average Bonchev–Trinajstić information content (AvgIpc) is 3.32. The van der Waals surface area contributed by atoms with Crippen molar-refractivity contribution in [1.29, 1.82) is 0 Å². The molecule has 0 saturated carbocycles. The molecule has 154 valence electrons. The Morgan fingerprint density at radius 1 is 1.25 bits per heavy atom. The number of hydrogen-bond donors (Lipinski definition) is 1. The van der Waals surface area contributed by atoms with Crippen molar-refractivity contribution in [2.24, 2.45) is 5.92 Å². The molecule has 3 rings (SSSR count). The minimum absolute atomic E-state index is 0.120. The third-order valence-electron chi connectivity index (χ3n) is 5.08. The van der Waals surface area contributed by atoms with Gasteiger partial charge in [0.05, 0.1) is 17.8 Å². The van der Waals surface area contributed by atoms with E-state index in [1.807, 2.05) is 20.0 Å². The summed E-state index contributed by atoms with van der Waals surface area (Å²) in [6.45, 7) is 8.00. The quantitative estimate of drug-likeness (QED) is 0.740. The van der Waals surface area contributed by atoms with Gasteiger partial charge in [0, 0.05) is 50.7 Å². The Hall–Kier alpha value is -2.20. The van der Waals surface area contributed by atoms with Gasteiger partial charge in [0.1, 0.15) is 4.90 Å². The molecule has 2 aromatic heterocycles. The molecular formula is C18H28N6O3S. The minimum Gasteiger partial charge on any atom is -0.352 e. The van der Waals surface area contributed by atoms with Crippen LogP contribution in [-0.4, -0.2) is 51.3 Å². The lowest BCUT2D eigenvalue weighted by atomic mass is 9.99. The molecule has 1 amide bonds. The first kappa shape index (κ1) is 20.5. The van der Waals surface area contributed by atoms with Gasteiger partial charge in [-0.25, -0.2) is 8.42 Å². The fraction of sp³-hybridized carbons (Fsp3) is 0.611. The van der Waals surface area contributed by atoms with Gasteiger partial charge in [-0.3, -0.25) is 14.2 Å². The molecule has 10 heteroatoms. The van der Waals surface area contributed by atoms with Gasteiger partial charge < -0.3 is 5.32 Å². The number of nitrogens with zero attached hydrogens (tertiary/aromatic N) is 5. The molecule has 3 heterocycles. The molecular weight excluding hydrogens is 380 g/mol. The summed E-state index contributed by atoms with van der Waals surface area (Å²) < 4.78 is 30.9. The Kier molecular flexibility index (Phi) is 6.19. The number of aromatic nitrogens is 4. The highest BCUT2D eigenvalue weighted by Gasteiger charge is 2.35. The Morgan fingerprint density at radius 2 is 2.00 bits per heavy atom. The van der Waals surface area contributed by atoms with Crippen molar-refractivity contribution in [3.8, 4) is 0 Å². The molecule has 28 heavy (non-hydrogen) atoms. The van der Waals surface area contributed by atoms with Gasteiger partial charge in [-0.2, -0.15) is 14.5 Å². The topological polar surface area (TPSA) is 102 Å². The van der Waals surface area contributed by atoms with Crippen molar-refractivity contribution in [3.05, 3.63) is 29.8 Å². The summed E-state index contributed by atoms with van der Waals surface area (Å²) in [7, 11) is -3.66. The van der Waals surface area contributed by atoms with E-state index in [1.165, 1.54) is 4.31 Å². The van der Waals surface area contributed by atoms with E-state index in [0.29, 0.717) is 38.2 Å². The molecule has 9 nitrogen and oxygen atoms in total. The number of sulfonamides is 1. The maximum atomic E-state index is 13.1. The number of piperidine rings is 1. The molecule has 0 bridgehead atoms. The Bertz CT molecular complexity index is 933. The Balaban J connectivity index is 1.65. The van der Waals surface area contributed by atoms with E-state index in [-0.39, 0.29) is 23.3 Å². The molecule has 0 unspecified atom stereocenters. The number of hydrogen-bond acceptors (Lipinski definition) is 5. The summed E-state index contributed by atoms with van der Waals surface area (Å²) in [6.07, 6.45) is 6.53. The monoisotopic (exact) mass is 408 g/mol. The summed E-state index contributed by atoms with van der Waals surface area (Å²) in [5, 5.41) is 11.3. The third-order valence-corrected chi connectivity index (χ3v) is 7.04. The first-order chi connectivity index (χ1) is 13.3. The van der Waals surface area contributed by atoms with Crippen molar-refractivity contribution in [2.75, 3.05) is 13.1 Å². The second-order valence-corrected chi connectivity index (χ2v) is 8.97. The zero-order chi connectivity index (χ0) is 20.3. The lowest BCUT2D eigenvalue weighted by molar-refractivity contribution is -0.126. The SMILES string of the molecule is CCn1cc(CNC(=O)[C@@H]2CCCN(S(=O)(=O)c3cn(CC)nc3C)C2)cn1. The summed E-state index contributed by atoms with van der Waals surface area (Å²) in [4.78, 5) is 12.8. The number of nitrogens with one attached hydrogen (secondary N) is 1. The normalized spacial score (nSPS) is 18.3. The van der Waals surface area contributed by atoms with Crippen LogP contribution in [0.5, 0.6) is 0 Å². The maximum absolute atomic E-state index is 13.1. The van der Waals surface area contributed by atoms with Crippen molar-refractivity contribution in [2.45, 2.75) is 58.1 Å². The van der Waals surface area contributed by atoms with Crippen LogP contribution in [0.25, 0.3) is 0 Å². The lowest BCUT2D eigenvalue weighted by Gasteiger charge is -2.31. The molecule has 1 atom stereocenters. The van der Waals surface area contributed by atoms with Crippen molar-refractivity contribution >= 4 is 15.9 Å². The van der Waals surface area contributed by atoms with Crippen molar-refractivity contribution < 1.29 is 13.2 Å². The van der Waals surface area contributed by atoms with Crippen LogP contribution in [0.15, 0.2) is 23.5 Å². The summed E-state index contributed by atoms with van der Waals surface area (Å²) in [5.41, 5.74) is 1.42. The van der Waals surface area contributed by atoms with Crippen LogP contribution in [0.3, 0.4) is 0 Å². The second-order valence-electron chi connectivity index (χ2n) is 7.06. The van der Waals surface area contributed by atoms with E-state index < -0.39 is 10.0 Å². The van der Waals surface area contributed by atoms with Gasteiger partial charge in [-0.15, -0.1) is 0 Å². The van der Waals surface area contributed by atoms with E-state index in [1.54, 1.807) is 28.7 Å². The number of aryl methyl sites for hydroxylation is 3. The molecule has 0 spiro atoms. The predicted octanol–water partition coefficient (Wildman–Crippen LogP) is 1.14. The van der Waals surface area contributed by atoms with E-state index >= 15 is 0 Å². The van der Waals surface area contributed by atoms with Crippen LogP contribution < -0.4 is 5.32 Å². The minimum atomic E-state index is -3.66. The fourth-order valence-electron chi connectivity index (χ4n) is 3.43. The van der Waals surface area contributed by atoms with E-state index in [2.05, 4.69) is 15.5 Å². The zero-order valence-electron chi connectivity index (χ0n) is 16.6. The molecule has 0 radical (unpaired) electrons. The zero-order valence-corrected chi connectivity index (χ0v) is 17.4. The average molecular weight is 409 g/mol. The Labute approximate surface area is 165 Å². The number of carbonyl (C=O) groups is 1. The molecule has 0 aromatic carbocycles. The van der Waals surface area contributed by atoms with E-state index in [9.17, 15) is 13.2 Å². The fourth-order valence-corrected chi connectivity index (χ4v) is 5.13. The first-order valence-electron chi connectivity index (χ1n) is 9.68. The summed E-state index contributed by atoms with van der Waals surface area (Å²) in [6, 6.07) is 0. The summed E-state index contributed by atoms with van der Waals surface area (Å²) in [5.74, 6) is -0.476. The number of carbonyl (C=O) groups excluding carboxylic acids is 1. The van der Waals surface area contributed by atoms with Gasteiger partial charge in [-0.1, -0.05) is 0 Å². The molecule has 1 fully saturated rings. The van der Waals surface area contributed by atoms with Crippen LogP contribution in [-0.2, 0) is 34.5 Å². The van der Waals surface area contributed by atoms with Gasteiger partial charge in [-0.05, 0) is 33.6 Å². The van der Waals surface area contributed by atoms with Crippen molar-refractivity contribution in [1.82, 2.24) is 29.2 Å². The van der Waals surface area contributed by atoms with Gasteiger partial charge >= 0.3 is 0 Å². The maximum Gasteiger partial charge on any atom is 0.246 e. The van der Waals surface area contributed by atoms with Crippen LogP contribution in [0, 0.1) is 12.8 Å². The molecule has 1 saturated heterocycles. The molecule has 0 aliphatic carbocycles. The van der Waals surface area contributed by atoms with Crippen LogP contribution in [0.2, 0.25) is 0 Å². The highest BCUT2D eigenvalue weighted by molar-refractivity contribution is 7.89. The predicted molar refractivity (Wildman–Crippen MR) is 104 cm³/mol. The van der Waals surface area contributed by atoms with Crippen LogP contribution in [0.1, 0.15) is 37.9 Å². The molecule has 2 aromatic rings. The highest BCUT2D eigenvalue weighted by atomic mass is 32.2. The van der Waals surface area contributed by atoms with Gasteiger partial charge in [0.2, 0.25) is 15.9 Å². The van der Waals surface area contributed by atoms with Crippen molar-refractivity contribution in [3.63, 3.8) is 0 Å². The standard InChI is InChI=1S/C18H28N6O3S/c1-4-22-11-15(10-20-22)9-19-18(25)16-7-6-8-24(12-16)28(26,27)17-13-23(5-2)21-14(17)3/h10-11,13,16H,4-9,12H2,1-3H3,(H,19,25)/t16-/m1/s1. The Morgan fingerprint density at radius 3 is 2.64 bits per heavy atom. The smallest absolute Gasteiger partial charge is 0.246 e. The van der Waals surface area contributed by atoms with Crippen LogP contribution in [0.4, 0.5) is 0 Å².